The lowest BCUT2D eigenvalue weighted by molar-refractivity contribution is 0.214. The second kappa shape index (κ2) is 5.27. The van der Waals surface area contributed by atoms with Crippen LogP contribution in [-0.2, 0) is 6.42 Å². The van der Waals surface area contributed by atoms with Crippen molar-refractivity contribution in [2.75, 3.05) is 6.54 Å². The minimum Gasteiger partial charge on any atom is -0.488 e. The van der Waals surface area contributed by atoms with Gasteiger partial charge in [-0.2, -0.15) is 0 Å². The molecule has 0 bridgehead atoms. The first-order valence-electron chi connectivity index (χ1n) is 7.00. The zero-order chi connectivity index (χ0) is 12.4. The Balaban J connectivity index is 1.51. The van der Waals surface area contributed by atoms with Crippen molar-refractivity contribution >= 4 is 0 Å². The number of hydrogen-bond donors (Lipinski definition) is 1. The molecular weight excluding hydrogens is 229 g/mol. The van der Waals surface area contributed by atoms with Crippen molar-refractivity contribution in [2.45, 2.75) is 50.7 Å². The van der Waals surface area contributed by atoms with E-state index in [1.165, 1.54) is 38.2 Å². The van der Waals surface area contributed by atoms with Crippen molar-refractivity contribution in [1.29, 1.82) is 0 Å². The van der Waals surface area contributed by atoms with Crippen molar-refractivity contribution in [2.24, 2.45) is 0 Å². The van der Waals surface area contributed by atoms with E-state index in [9.17, 15) is 4.39 Å². The largest absolute Gasteiger partial charge is 0.488 e. The van der Waals surface area contributed by atoms with Crippen LogP contribution in [-0.4, -0.2) is 18.7 Å². The van der Waals surface area contributed by atoms with Crippen LogP contribution in [0, 0.1) is 5.82 Å². The van der Waals surface area contributed by atoms with Gasteiger partial charge in [-0.1, -0.05) is 19.3 Å². The quantitative estimate of drug-likeness (QED) is 0.889. The molecule has 1 aromatic carbocycles. The van der Waals surface area contributed by atoms with E-state index in [-0.39, 0.29) is 11.9 Å². The second-order valence-electron chi connectivity index (χ2n) is 5.44. The summed E-state index contributed by atoms with van der Waals surface area (Å²) in [5.74, 6) is 0.685. The molecule has 2 aliphatic rings. The van der Waals surface area contributed by atoms with E-state index in [4.69, 9.17) is 4.74 Å². The number of ether oxygens (including phenoxy) is 1. The predicted molar refractivity (Wildman–Crippen MR) is 69.4 cm³/mol. The van der Waals surface area contributed by atoms with Gasteiger partial charge in [0.1, 0.15) is 17.7 Å². The molecule has 1 saturated carbocycles. The van der Waals surface area contributed by atoms with Gasteiger partial charge in [0.25, 0.3) is 0 Å². The predicted octanol–water partition coefficient (Wildman–Crippen LogP) is 3.05. The Morgan fingerprint density at radius 2 is 2.06 bits per heavy atom. The average Bonchev–Trinajstić information content (AvgIpc) is 2.79. The molecule has 0 saturated heterocycles. The monoisotopic (exact) mass is 249 g/mol. The van der Waals surface area contributed by atoms with Crippen LogP contribution in [0.15, 0.2) is 18.2 Å². The normalized spacial score (nSPS) is 23.7. The van der Waals surface area contributed by atoms with E-state index >= 15 is 0 Å². The van der Waals surface area contributed by atoms with Crippen LogP contribution in [0.1, 0.15) is 37.7 Å². The van der Waals surface area contributed by atoms with Crippen LogP contribution in [0.3, 0.4) is 0 Å². The standard InChI is InChI=1S/C15H20FNO/c16-12-6-7-15-11(8-12)9-14(18-15)10-17-13-4-2-1-3-5-13/h6-8,13-14,17H,1-5,9-10H2. The van der Waals surface area contributed by atoms with Crippen LogP contribution < -0.4 is 10.1 Å². The molecule has 1 heterocycles. The molecule has 1 aliphatic carbocycles. The average molecular weight is 249 g/mol. The maximum absolute atomic E-state index is 13.1. The van der Waals surface area contributed by atoms with Gasteiger partial charge < -0.3 is 10.1 Å². The number of nitrogens with one attached hydrogen (secondary N) is 1. The number of benzene rings is 1. The molecule has 1 N–H and O–H groups in total. The highest BCUT2D eigenvalue weighted by Gasteiger charge is 2.24. The fraction of sp³-hybridized carbons (Fsp3) is 0.600. The lowest BCUT2D eigenvalue weighted by atomic mass is 9.95. The SMILES string of the molecule is Fc1ccc2c(c1)CC(CNC1CCCCC1)O2. The van der Waals surface area contributed by atoms with Gasteiger partial charge >= 0.3 is 0 Å². The number of halogens is 1. The van der Waals surface area contributed by atoms with Crippen molar-refractivity contribution < 1.29 is 9.13 Å². The Morgan fingerprint density at radius 1 is 1.22 bits per heavy atom. The maximum atomic E-state index is 13.1. The lowest BCUT2D eigenvalue weighted by Gasteiger charge is -2.24. The summed E-state index contributed by atoms with van der Waals surface area (Å²) in [6.07, 6.45) is 7.63. The Hall–Kier alpha value is -1.09. The molecule has 0 radical (unpaired) electrons. The maximum Gasteiger partial charge on any atom is 0.123 e. The van der Waals surface area contributed by atoms with E-state index in [0.717, 1.165) is 24.3 Å². The molecule has 3 rings (SSSR count). The van der Waals surface area contributed by atoms with E-state index < -0.39 is 0 Å². The summed E-state index contributed by atoms with van der Waals surface area (Å²) in [5.41, 5.74) is 1.01. The van der Waals surface area contributed by atoms with Crippen LogP contribution in [0.2, 0.25) is 0 Å². The van der Waals surface area contributed by atoms with Crippen molar-refractivity contribution in [3.8, 4) is 5.75 Å². The van der Waals surface area contributed by atoms with Gasteiger partial charge in [0, 0.05) is 24.6 Å². The van der Waals surface area contributed by atoms with Crippen molar-refractivity contribution in [1.82, 2.24) is 5.32 Å². The molecule has 3 heteroatoms. The second-order valence-corrected chi connectivity index (χ2v) is 5.44. The molecule has 18 heavy (non-hydrogen) atoms. The van der Waals surface area contributed by atoms with E-state index in [1.807, 2.05) is 0 Å². The number of hydrogen-bond acceptors (Lipinski definition) is 2. The summed E-state index contributed by atoms with van der Waals surface area (Å²) >= 11 is 0. The third-order valence-electron chi connectivity index (χ3n) is 4.00. The Morgan fingerprint density at radius 3 is 2.89 bits per heavy atom. The highest BCUT2D eigenvalue weighted by Crippen LogP contribution is 2.29. The van der Waals surface area contributed by atoms with E-state index in [2.05, 4.69) is 5.32 Å². The fourth-order valence-corrected chi connectivity index (χ4v) is 3.01. The van der Waals surface area contributed by atoms with Gasteiger partial charge in [0.15, 0.2) is 0 Å². The van der Waals surface area contributed by atoms with E-state index in [0.29, 0.717) is 6.04 Å². The van der Waals surface area contributed by atoms with Crippen molar-refractivity contribution in [3.05, 3.63) is 29.6 Å². The molecule has 0 aromatic heterocycles. The molecule has 1 fully saturated rings. The molecule has 2 nitrogen and oxygen atoms in total. The van der Waals surface area contributed by atoms with Gasteiger partial charge in [0.05, 0.1) is 0 Å². The zero-order valence-electron chi connectivity index (χ0n) is 10.6. The molecule has 0 amide bonds. The van der Waals surface area contributed by atoms with E-state index in [1.54, 1.807) is 12.1 Å². The van der Waals surface area contributed by atoms with Crippen LogP contribution in [0.4, 0.5) is 4.39 Å². The Labute approximate surface area is 108 Å². The smallest absolute Gasteiger partial charge is 0.123 e. The first-order chi connectivity index (χ1) is 8.81. The third-order valence-corrected chi connectivity index (χ3v) is 4.00. The third kappa shape index (κ3) is 2.66. The summed E-state index contributed by atoms with van der Waals surface area (Å²) in [4.78, 5) is 0. The minimum absolute atomic E-state index is 0.168. The summed E-state index contributed by atoms with van der Waals surface area (Å²) < 4.78 is 18.9. The zero-order valence-corrected chi connectivity index (χ0v) is 10.6. The Bertz CT molecular complexity index is 415. The minimum atomic E-state index is -0.168. The highest BCUT2D eigenvalue weighted by molar-refractivity contribution is 5.37. The highest BCUT2D eigenvalue weighted by atomic mass is 19.1. The molecule has 1 atom stereocenters. The fourth-order valence-electron chi connectivity index (χ4n) is 3.01. The topological polar surface area (TPSA) is 21.3 Å². The first kappa shape index (κ1) is 12.0. The summed E-state index contributed by atoms with van der Waals surface area (Å²) in [6.45, 7) is 0.876. The first-order valence-corrected chi connectivity index (χ1v) is 7.00. The van der Waals surface area contributed by atoms with Gasteiger partial charge in [0.2, 0.25) is 0 Å². The van der Waals surface area contributed by atoms with Gasteiger partial charge in [-0.05, 0) is 31.0 Å². The summed E-state index contributed by atoms with van der Waals surface area (Å²) in [7, 11) is 0. The summed E-state index contributed by atoms with van der Waals surface area (Å²) in [6, 6.07) is 5.46. The molecule has 0 spiro atoms. The van der Waals surface area contributed by atoms with Gasteiger partial charge in [-0.15, -0.1) is 0 Å². The molecular formula is C15H20FNO. The molecule has 98 valence electrons. The van der Waals surface area contributed by atoms with Gasteiger partial charge in [-0.3, -0.25) is 0 Å². The van der Waals surface area contributed by atoms with Crippen LogP contribution in [0.25, 0.3) is 0 Å². The molecule has 1 aromatic rings. The molecule has 1 unspecified atom stereocenters. The summed E-state index contributed by atoms with van der Waals surface area (Å²) in [5, 5.41) is 3.59. The van der Waals surface area contributed by atoms with Crippen molar-refractivity contribution in [3.63, 3.8) is 0 Å². The van der Waals surface area contributed by atoms with Gasteiger partial charge in [-0.25, -0.2) is 4.39 Å². The number of rotatable bonds is 3. The van der Waals surface area contributed by atoms with Crippen LogP contribution in [0.5, 0.6) is 5.75 Å². The lowest BCUT2D eigenvalue weighted by Crippen LogP contribution is -2.38. The Kier molecular flexibility index (Phi) is 3.50. The van der Waals surface area contributed by atoms with Crippen LogP contribution >= 0.6 is 0 Å². The number of fused-ring (bicyclic) bond motifs is 1. The molecule has 1 aliphatic heterocycles.